The molecule has 17 heavy (non-hydrogen) atoms. The number of hydrogen-bond acceptors (Lipinski definition) is 2. The van der Waals surface area contributed by atoms with Crippen molar-refractivity contribution in [2.24, 2.45) is 0 Å². The Morgan fingerprint density at radius 1 is 1.41 bits per heavy atom. The molecule has 0 bridgehead atoms. The maximum absolute atomic E-state index is 10.1. The number of nitrogens with zero attached hydrogens (tertiary/aromatic N) is 1. The van der Waals surface area contributed by atoms with Crippen LogP contribution in [0.25, 0.3) is 0 Å². The highest BCUT2D eigenvalue weighted by molar-refractivity contribution is 5.55. The maximum Gasteiger partial charge on any atom is 0.0810 e. The number of rotatable bonds is 2. The largest absolute Gasteiger partial charge is 0.388 e. The van der Waals surface area contributed by atoms with E-state index in [0.29, 0.717) is 0 Å². The third kappa shape index (κ3) is 2.81. The zero-order valence-electron chi connectivity index (χ0n) is 10.3. The van der Waals surface area contributed by atoms with E-state index in [2.05, 4.69) is 22.8 Å². The van der Waals surface area contributed by atoms with Gasteiger partial charge in [-0.1, -0.05) is 18.2 Å². The van der Waals surface area contributed by atoms with Crippen molar-refractivity contribution in [1.82, 2.24) is 0 Å². The molecule has 1 atom stereocenters. The first-order valence-electron chi connectivity index (χ1n) is 6.24. The second-order valence-electron chi connectivity index (χ2n) is 4.38. The van der Waals surface area contributed by atoms with Gasteiger partial charge in [0.25, 0.3) is 0 Å². The maximum atomic E-state index is 10.1. The fourth-order valence-corrected chi connectivity index (χ4v) is 2.36. The van der Waals surface area contributed by atoms with Gasteiger partial charge in [0.15, 0.2) is 0 Å². The van der Waals surface area contributed by atoms with Crippen LogP contribution in [0.3, 0.4) is 0 Å². The number of aliphatic hydroxyl groups excluding tert-OH is 1. The molecule has 1 heterocycles. The number of anilines is 1. The number of benzene rings is 1. The highest BCUT2D eigenvalue weighted by Gasteiger charge is 2.20. The van der Waals surface area contributed by atoms with Crippen LogP contribution in [0.15, 0.2) is 24.3 Å². The molecular formula is C15H19NO. The second-order valence-corrected chi connectivity index (χ2v) is 4.38. The molecule has 0 fully saturated rings. The van der Waals surface area contributed by atoms with Gasteiger partial charge in [-0.25, -0.2) is 0 Å². The fraction of sp³-hybridized carbons (Fsp3) is 0.467. The van der Waals surface area contributed by atoms with Crippen LogP contribution in [0.5, 0.6) is 0 Å². The minimum Gasteiger partial charge on any atom is -0.388 e. The summed E-state index contributed by atoms with van der Waals surface area (Å²) < 4.78 is 0. The summed E-state index contributed by atoms with van der Waals surface area (Å²) in [5.74, 6) is 6.03. The standard InChI is InChI=1S/C15H19NO/c1-2-3-6-11-16-12-7-10-15(17)13-8-4-5-9-14(13)16/h4-5,8-9,15,17H,6-7,10-12H2,1H3. The first-order chi connectivity index (χ1) is 8.33. The van der Waals surface area contributed by atoms with Gasteiger partial charge < -0.3 is 10.0 Å². The molecule has 0 aliphatic carbocycles. The van der Waals surface area contributed by atoms with E-state index in [1.165, 1.54) is 5.69 Å². The summed E-state index contributed by atoms with van der Waals surface area (Å²) in [6.07, 6.45) is 2.47. The van der Waals surface area contributed by atoms with E-state index < -0.39 is 0 Å². The van der Waals surface area contributed by atoms with Gasteiger partial charge in [-0.3, -0.25) is 0 Å². The summed E-state index contributed by atoms with van der Waals surface area (Å²) in [7, 11) is 0. The van der Waals surface area contributed by atoms with E-state index in [1.54, 1.807) is 0 Å². The van der Waals surface area contributed by atoms with Crippen molar-refractivity contribution in [3.05, 3.63) is 29.8 Å². The fourth-order valence-electron chi connectivity index (χ4n) is 2.36. The molecule has 2 nitrogen and oxygen atoms in total. The zero-order valence-corrected chi connectivity index (χ0v) is 10.3. The monoisotopic (exact) mass is 229 g/mol. The molecule has 1 aliphatic rings. The normalized spacial score (nSPS) is 18.9. The third-order valence-corrected chi connectivity index (χ3v) is 3.23. The number of aliphatic hydroxyl groups is 1. The minimum atomic E-state index is -0.312. The van der Waals surface area contributed by atoms with E-state index in [4.69, 9.17) is 0 Å². The van der Waals surface area contributed by atoms with Gasteiger partial charge in [0.05, 0.1) is 6.10 Å². The molecule has 0 aromatic heterocycles. The Hall–Kier alpha value is -1.46. The van der Waals surface area contributed by atoms with Crippen LogP contribution in [-0.2, 0) is 0 Å². The Morgan fingerprint density at radius 3 is 3.06 bits per heavy atom. The summed E-state index contributed by atoms with van der Waals surface area (Å²) in [5, 5.41) is 10.1. The summed E-state index contributed by atoms with van der Waals surface area (Å²) >= 11 is 0. The van der Waals surface area contributed by atoms with Crippen LogP contribution in [0.1, 0.15) is 37.9 Å². The Bertz CT molecular complexity index is 430. The van der Waals surface area contributed by atoms with Crippen molar-refractivity contribution in [3.63, 3.8) is 0 Å². The Labute approximate surface area is 103 Å². The topological polar surface area (TPSA) is 23.5 Å². The zero-order chi connectivity index (χ0) is 12.1. The molecule has 90 valence electrons. The van der Waals surface area contributed by atoms with Gasteiger partial charge in [-0.05, 0) is 25.8 Å². The summed E-state index contributed by atoms with van der Waals surface area (Å²) in [6.45, 7) is 3.84. The van der Waals surface area contributed by atoms with E-state index in [9.17, 15) is 5.11 Å². The summed E-state index contributed by atoms with van der Waals surface area (Å²) in [4.78, 5) is 2.34. The Balaban J connectivity index is 2.21. The Kier molecular flexibility index (Phi) is 4.06. The van der Waals surface area contributed by atoms with Gasteiger partial charge in [0, 0.05) is 30.8 Å². The molecule has 0 amide bonds. The quantitative estimate of drug-likeness (QED) is 0.788. The molecule has 0 saturated carbocycles. The van der Waals surface area contributed by atoms with Crippen molar-refractivity contribution in [3.8, 4) is 11.8 Å². The highest BCUT2D eigenvalue weighted by atomic mass is 16.3. The number of para-hydroxylation sites is 1. The predicted molar refractivity (Wildman–Crippen MR) is 70.9 cm³/mol. The molecule has 1 aromatic carbocycles. The van der Waals surface area contributed by atoms with Crippen LogP contribution >= 0.6 is 0 Å². The minimum absolute atomic E-state index is 0.312. The first-order valence-corrected chi connectivity index (χ1v) is 6.24. The van der Waals surface area contributed by atoms with Crippen molar-refractivity contribution < 1.29 is 5.11 Å². The van der Waals surface area contributed by atoms with Gasteiger partial charge >= 0.3 is 0 Å². The van der Waals surface area contributed by atoms with E-state index in [0.717, 1.165) is 37.9 Å². The predicted octanol–water partition coefficient (Wildman–Crippen LogP) is 2.73. The van der Waals surface area contributed by atoms with Crippen molar-refractivity contribution in [1.29, 1.82) is 0 Å². The van der Waals surface area contributed by atoms with Crippen LogP contribution in [0.4, 0.5) is 5.69 Å². The SMILES string of the molecule is CC#CCCN1CCCC(O)c2ccccc21. The van der Waals surface area contributed by atoms with Crippen LogP contribution in [0.2, 0.25) is 0 Å². The highest BCUT2D eigenvalue weighted by Crippen LogP contribution is 2.32. The van der Waals surface area contributed by atoms with Gasteiger partial charge in [0.1, 0.15) is 0 Å². The first kappa shape index (κ1) is 12.0. The van der Waals surface area contributed by atoms with E-state index in [1.807, 2.05) is 25.1 Å². The lowest BCUT2D eigenvalue weighted by Crippen LogP contribution is -2.25. The lowest BCUT2D eigenvalue weighted by molar-refractivity contribution is 0.168. The summed E-state index contributed by atoms with van der Waals surface area (Å²) in [5.41, 5.74) is 2.24. The average molecular weight is 229 g/mol. The van der Waals surface area contributed by atoms with Gasteiger partial charge in [0.2, 0.25) is 0 Å². The van der Waals surface area contributed by atoms with Crippen LogP contribution < -0.4 is 4.90 Å². The van der Waals surface area contributed by atoms with Crippen molar-refractivity contribution >= 4 is 5.69 Å². The lowest BCUT2D eigenvalue weighted by atomic mass is 10.0. The lowest BCUT2D eigenvalue weighted by Gasteiger charge is -2.24. The molecule has 0 radical (unpaired) electrons. The molecule has 0 spiro atoms. The molecule has 0 saturated heterocycles. The van der Waals surface area contributed by atoms with E-state index in [-0.39, 0.29) is 6.10 Å². The third-order valence-electron chi connectivity index (χ3n) is 3.23. The average Bonchev–Trinajstić information content (AvgIpc) is 2.51. The molecular weight excluding hydrogens is 210 g/mol. The molecule has 2 heteroatoms. The van der Waals surface area contributed by atoms with Crippen molar-refractivity contribution in [2.45, 2.75) is 32.3 Å². The number of fused-ring (bicyclic) bond motifs is 1. The van der Waals surface area contributed by atoms with Crippen LogP contribution in [0, 0.1) is 11.8 Å². The number of hydrogen-bond donors (Lipinski definition) is 1. The van der Waals surface area contributed by atoms with E-state index >= 15 is 0 Å². The van der Waals surface area contributed by atoms with Gasteiger partial charge in [-0.15, -0.1) is 11.8 Å². The van der Waals surface area contributed by atoms with Crippen LogP contribution in [-0.4, -0.2) is 18.2 Å². The molecule has 1 unspecified atom stereocenters. The smallest absolute Gasteiger partial charge is 0.0810 e. The van der Waals surface area contributed by atoms with Crippen molar-refractivity contribution in [2.75, 3.05) is 18.0 Å². The second kappa shape index (κ2) is 5.75. The Morgan fingerprint density at radius 2 is 2.24 bits per heavy atom. The van der Waals surface area contributed by atoms with Gasteiger partial charge in [-0.2, -0.15) is 0 Å². The molecule has 1 N–H and O–H groups in total. The summed E-state index contributed by atoms with van der Waals surface area (Å²) in [6, 6.07) is 8.17. The molecule has 1 aliphatic heterocycles. The molecule has 1 aromatic rings. The molecule has 2 rings (SSSR count).